The van der Waals surface area contributed by atoms with Gasteiger partial charge in [0.05, 0.1) is 19.2 Å². The van der Waals surface area contributed by atoms with Crippen molar-refractivity contribution >= 4 is 23.2 Å². The zero-order valence-electron chi connectivity index (χ0n) is 10.4. The third kappa shape index (κ3) is 3.25. The molecule has 0 saturated carbocycles. The van der Waals surface area contributed by atoms with Crippen molar-refractivity contribution < 1.29 is 14.2 Å². The Kier molecular flexibility index (Phi) is 4.40. The number of hydrogen-bond acceptors (Lipinski definition) is 3. The molecular weight excluding hydrogens is 287 g/mol. The number of halogens is 2. The quantitative estimate of drug-likeness (QED) is 0.811. The molecule has 0 bridgehead atoms. The van der Waals surface area contributed by atoms with E-state index >= 15 is 0 Å². The van der Waals surface area contributed by atoms with Crippen molar-refractivity contribution in [1.29, 1.82) is 0 Å². The first-order chi connectivity index (χ1) is 9.13. The van der Waals surface area contributed by atoms with Gasteiger partial charge in [-0.25, -0.2) is 0 Å². The van der Waals surface area contributed by atoms with E-state index in [2.05, 4.69) is 0 Å². The standard InChI is InChI=1S/C14H12Cl2O3/c1-17-9-6-10(18-2)8-11(7-9)19-13-5-3-4-12(15)14(13)16/h3-8H,1-2H3. The molecule has 0 saturated heterocycles. The Balaban J connectivity index is 2.34. The van der Waals surface area contributed by atoms with Gasteiger partial charge in [0.1, 0.15) is 28.0 Å². The summed E-state index contributed by atoms with van der Waals surface area (Å²) in [5, 5.41) is 0.806. The number of rotatable bonds is 4. The average Bonchev–Trinajstić information content (AvgIpc) is 2.43. The fraction of sp³-hybridized carbons (Fsp3) is 0.143. The van der Waals surface area contributed by atoms with Crippen LogP contribution in [-0.2, 0) is 0 Å². The molecule has 0 aromatic heterocycles. The molecule has 0 aliphatic carbocycles. The van der Waals surface area contributed by atoms with Crippen molar-refractivity contribution in [1.82, 2.24) is 0 Å². The lowest BCUT2D eigenvalue weighted by Crippen LogP contribution is -1.90. The summed E-state index contributed by atoms with van der Waals surface area (Å²) < 4.78 is 16.0. The van der Waals surface area contributed by atoms with E-state index < -0.39 is 0 Å². The maximum Gasteiger partial charge on any atom is 0.147 e. The van der Waals surface area contributed by atoms with Gasteiger partial charge in [-0.05, 0) is 12.1 Å². The van der Waals surface area contributed by atoms with Crippen molar-refractivity contribution in [2.24, 2.45) is 0 Å². The second-order valence-electron chi connectivity index (χ2n) is 3.70. The van der Waals surface area contributed by atoms with E-state index in [4.69, 9.17) is 37.4 Å². The molecule has 5 heteroatoms. The summed E-state index contributed by atoms with van der Waals surface area (Å²) in [6, 6.07) is 10.4. The van der Waals surface area contributed by atoms with Gasteiger partial charge in [0, 0.05) is 18.2 Å². The fourth-order valence-electron chi connectivity index (χ4n) is 1.53. The van der Waals surface area contributed by atoms with Crippen LogP contribution in [0.1, 0.15) is 0 Å². The largest absolute Gasteiger partial charge is 0.496 e. The van der Waals surface area contributed by atoms with Gasteiger partial charge in [0.2, 0.25) is 0 Å². The Bertz CT molecular complexity index is 563. The second kappa shape index (κ2) is 6.04. The Morgan fingerprint density at radius 2 is 1.42 bits per heavy atom. The van der Waals surface area contributed by atoms with E-state index in [-0.39, 0.29) is 0 Å². The van der Waals surface area contributed by atoms with Gasteiger partial charge in [-0.3, -0.25) is 0 Å². The lowest BCUT2D eigenvalue weighted by atomic mass is 10.3. The fourth-order valence-corrected chi connectivity index (χ4v) is 1.86. The third-order valence-corrected chi connectivity index (χ3v) is 3.27. The zero-order chi connectivity index (χ0) is 13.8. The summed E-state index contributed by atoms with van der Waals surface area (Å²) >= 11 is 12.0. The van der Waals surface area contributed by atoms with E-state index in [1.165, 1.54) is 0 Å². The van der Waals surface area contributed by atoms with Crippen LogP contribution in [0.5, 0.6) is 23.0 Å². The summed E-state index contributed by atoms with van der Waals surface area (Å²) in [4.78, 5) is 0. The monoisotopic (exact) mass is 298 g/mol. The van der Waals surface area contributed by atoms with Crippen LogP contribution in [0.15, 0.2) is 36.4 Å². The molecule has 0 aliphatic heterocycles. The van der Waals surface area contributed by atoms with E-state index in [9.17, 15) is 0 Å². The molecule has 0 amide bonds. The highest BCUT2D eigenvalue weighted by atomic mass is 35.5. The number of ether oxygens (including phenoxy) is 3. The van der Waals surface area contributed by atoms with Crippen LogP contribution >= 0.6 is 23.2 Å². The average molecular weight is 299 g/mol. The third-order valence-electron chi connectivity index (χ3n) is 2.47. The topological polar surface area (TPSA) is 27.7 Å². The van der Waals surface area contributed by atoms with Crippen LogP contribution < -0.4 is 14.2 Å². The van der Waals surface area contributed by atoms with Crippen LogP contribution in [0.4, 0.5) is 0 Å². The minimum absolute atomic E-state index is 0.367. The molecule has 0 N–H and O–H groups in total. The van der Waals surface area contributed by atoms with Gasteiger partial charge in [0.15, 0.2) is 0 Å². The molecule has 0 unspecified atom stereocenters. The van der Waals surface area contributed by atoms with E-state index in [1.807, 2.05) is 0 Å². The van der Waals surface area contributed by atoms with E-state index in [1.54, 1.807) is 50.6 Å². The van der Waals surface area contributed by atoms with Gasteiger partial charge in [-0.1, -0.05) is 29.3 Å². The molecule has 19 heavy (non-hydrogen) atoms. The molecule has 2 aromatic carbocycles. The first-order valence-electron chi connectivity index (χ1n) is 5.49. The summed E-state index contributed by atoms with van der Waals surface area (Å²) in [6.07, 6.45) is 0. The molecule has 2 rings (SSSR count). The van der Waals surface area contributed by atoms with Gasteiger partial charge >= 0.3 is 0 Å². The van der Waals surface area contributed by atoms with Crippen molar-refractivity contribution in [2.45, 2.75) is 0 Å². The highest BCUT2D eigenvalue weighted by Gasteiger charge is 2.09. The molecular formula is C14H12Cl2O3. The molecule has 0 spiro atoms. The summed E-state index contributed by atoms with van der Waals surface area (Å²) in [5.41, 5.74) is 0. The van der Waals surface area contributed by atoms with Crippen LogP contribution in [0.3, 0.4) is 0 Å². The van der Waals surface area contributed by atoms with Crippen LogP contribution in [0.25, 0.3) is 0 Å². The number of methoxy groups -OCH3 is 2. The summed E-state index contributed by atoms with van der Waals surface area (Å²) in [6.45, 7) is 0. The van der Waals surface area contributed by atoms with Crippen molar-refractivity contribution in [3.8, 4) is 23.0 Å². The van der Waals surface area contributed by atoms with Crippen LogP contribution in [0, 0.1) is 0 Å². The minimum atomic E-state index is 0.367. The second-order valence-corrected chi connectivity index (χ2v) is 4.49. The number of benzene rings is 2. The van der Waals surface area contributed by atoms with Crippen molar-refractivity contribution in [3.05, 3.63) is 46.4 Å². The first kappa shape index (κ1) is 13.8. The molecule has 100 valence electrons. The lowest BCUT2D eigenvalue weighted by Gasteiger charge is -2.11. The normalized spacial score (nSPS) is 10.1. The SMILES string of the molecule is COc1cc(OC)cc(Oc2cccc(Cl)c2Cl)c1. The molecule has 0 radical (unpaired) electrons. The Labute approximate surface area is 121 Å². The van der Waals surface area contributed by atoms with Gasteiger partial charge in [-0.15, -0.1) is 0 Å². The van der Waals surface area contributed by atoms with Gasteiger partial charge in [0.25, 0.3) is 0 Å². The highest BCUT2D eigenvalue weighted by molar-refractivity contribution is 6.42. The molecule has 0 heterocycles. The van der Waals surface area contributed by atoms with E-state index in [0.717, 1.165) is 0 Å². The number of hydrogen-bond donors (Lipinski definition) is 0. The smallest absolute Gasteiger partial charge is 0.147 e. The predicted octanol–water partition coefficient (Wildman–Crippen LogP) is 4.80. The van der Waals surface area contributed by atoms with Crippen molar-refractivity contribution in [2.75, 3.05) is 14.2 Å². The summed E-state index contributed by atoms with van der Waals surface area (Å²) in [7, 11) is 3.15. The van der Waals surface area contributed by atoms with Gasteiger partial charge < -0.3 is 14.2 Å². The van der Waals surface area contributed by atoms with Crippen LogP contribution in [-0.4, -0.2) is 14.2 Å². The molecule has 2 aromatic rings. The predicted molar refractivity (Wildman–Crippen MR) is 76.1 cm³/mol. The lowest BCUT2D eigenvalue weighted by molar-refractivity contribution is 0.386. The van der Waals surface area contributed by atoms with Crippen LogP contribution in [0.2, 0.25) is 10.0 Å². The Morgan fingerprint density at radius 1 is 0.842 bits per heavy atom. The Morgan fingerprint density at radius 3 is 2.00 bits per heavy atom. The minimum Gasteiger partial charge on any atom is -0.496 e. The molecule has 3 nitrogen and oxygen atoms in total. The molecule has 0 atom stereocenters. The zero-order valence-corrected chi connectivity index (χ0v) is 12.0. The molecule has 0 aliphatic rings. The highest BCUT2D eigenvalue weighted by Crippen LogP contribution is 2.36. The van der Waals surface area contributed by atoms with Crippen molar-refractivity contribution in [3.63, 3.8) is 0 Å². The summed E-state index contributed by atoms with van der Waals surface area (Å²) in [5.74, 6) is 2.30. The van der Waals surface area contributed by atoms with Gasteiger partial charge in [-0.2, -0.15) is 0 Å². The Hall–Kier alpha value is -1.58. The van der Waals surface area contributed by atoms with E-state index in [0.29, 0.717) is 33.0 Å². The maximum absolute atomic E-state index is 6.07. The maximum atomic E-state index is 6.07. The molecule has 0 fully saturated rings. The first-order valence-corrected chi connectivity index (χ1v) is 6.24.